The molecule has 1 aliphatic heterocycles. The Morgan fingerprint density at radius 3 is 2.59 bits per heavy atom. The highest BCUT2D eigenvalue weighted by Gasteiger charge is 2.27. The van der Waals surface area contributed by atoms with Crippen molar-refractivity contribution in [3.05, 3.63) is 96.7 Å². The molecule has 4 nitrogen and oxygen atoms in total. The van der Waals surface area contributed by atoms with Crippen molar-refractivity contribution in [3.8, 4) is 0 Å². The van der Waals surface area contributed by atoms with E-state index in [0.717, 1.165) is 53.7 Å². The molecule has 5 heteroatoms. The Hall–Kier alpha value is -3.34. The minimum absolute atomic E-state index is 0.0380. The predicted molar refractivity (Wildman–Crippen MR) is 139 cm³/mol. The average molecular weight is 459 g/mol. The minimum atomic E-state index is -0.232. The standard InChI is InChI=1S/C29H35FN4/c1-21-10-8-9-18-33(21)19-17-27(29(3,4)5)31-22(2)28-25-11-6-7-12-26(25)34(32-28)20-23-13-15-24(30)16-14-23/h6-7,9,11-16,18,27,31H,1-2,8,10,17,19-20H2,3-5H3. The van der Waals surface area contributed by atoms with Gasteiger partial charge in [-0.25, -0.2) is 4.39 Å². The molecule has 1 unspecified atom stereocenters. The van der Waals surface area contributed by atoms with Crippen molar-refractivity contribution in [1.82, 2.24) is 20.0 Å². The Morgan fingerprint density at radius 2 is 1.88 bits per heavy atom. The van der Waals surface area contributed by atoms with Crippen LogP contribution in [-0.4, -0.2) is 27.3 Å². The molecule has 2 aromatic carbocycles. The number of nitrogens with one attached hydrogen (secondary N) is 1. The number of aromatic nitrogens is 2. The molecule has 0 amide bonds. The van der Waals surface area contributed by atoms with Crippen LogP contribution in [0.4, 0.5) is 4.39 Å². The van der Waals surface area contributed by atoms with Crippen LogP contribution in [0.25, 0.3) is 16.6 Å². The van der Waals surface area contributed by atoms with Gasteiger partial charge in [-0.15, -0.1) is 0 Å². The fourth-order valence-electron chi connectivity index (χ4n) is 4.44. The maximum atomic E-state index is 13.4. The van der Waals surface area contributed by atoms with Crippen LogP contribution in [0.1, 0.15) is 51.3 Å². The summed E-state index contributed by atoms with van der Waals surface area (Å²) in [4.78, 5) is 2.26. The molecule has 0 bridgehead atoms. The second-order valence-electron chi connectivity index (χ2n) is 10.2. The van der Waals surface area contributed by atoms with Gasteiger partial charge in [0.05, 0.1) is 17.8 Å². The van der Waals surface area contributed by atoms with Crippen LogP contribution in [0.15, 0.2) is 79.7 Å². The zero-order valence-corrected chi connectivity index (χ0v) is 20.5. The second kappa shape index (κ2) is 9.88. The van der Waals surface area contributed by atoms with Gasteiger partial charge in [-0.1, -0.05) is 70.3 Å². The van der Waals surface area contributed by atoms with E-state index in [4.69, 9.17) is 5.10 Å². The molecule has 1 aromatic heterocycles. The Kier molecular flexibility index (Phi) is 6.92. The summed E-state index contributed by atoms with van der Waals surface area (Å²) in [5.74, 6) is -0.232. The van der Waals surface area contributed by atoms with E-state index in [1.807, 2.05) is 16.8 Å². The van der Waals surface area contributed by atoms with Gasteiger partial charge < -0.3 is 10.2 Å². The first-order chi connectivity index (χ1) is 16.2. The summed E-state index contributed by atoms with van der Waals surface area (Å²) in [6.45, 7) is 16.9. The van der Waals surface area contributed by atoms with Gasteiger partial charge in [0.2, 0.25) is 0 Å². The topological polar surface area (TPSA) is 33.1 Å². The Labute approximate surface area is 202 Å². The third-order valence-electron chi connectivity index (χ3n) is 6.53. The number of benzene rings is 2. The first-order valence-electron chi connectivity index (χ1n) is 12.0. The van der Waals surface area contributed by atoms with Crippen molar-refractivity contribution >= 4 is 16.6 Å². The van der Waals surface area contributed by atoms with Gasteiger partial charge in [0.25, 0.3) is 0 Å². The Balaban J connectivity index is 1.55. The highest BCUT2D eigenvalue weighted by atomic mass is 19.1. The number of para-hydroxylation sites is 1. The first-order valence-corrected chi connectivity index (χ1v) is 12.0. The normalized spacial score (nSPS) is 15.1. The summed E-state index contributed by atoms with van der Waals surface area (Å²) in [5, 5.41) is 9.69. The fourth-order valence-corrected chi connectivity index (χ4v) is 4.44. The second-order valence-corrected chi connectivity index (χ2v) is 10.2. The smallest absolute Gasteiger partial charge is 0.123 e. The van der Waals surface area contributed by atoms with E-state index in [1.54, 1.807) is 12.1 Å². The molecule has 178 valence electrons. The Bertz CT molecular complexity index is 1200. The summed E-state index contributed by atoms with van der Waals surface area (Å²) >= 11 is 0. The molecule has 1 aliphatic rings. The molecule has 34 heavy (non-hydrogen) atoms. The van der Waals surface area contributed by atoms with Crippen LogP contribution in [0.5, 0.6) is 0 Å². The lowest BCUT2D eigenvalue weighted by atomic mass is 9.84. The van der Waals surface area contributed by atoms with Crippen LogP contribution in [0.3, 0.4) is 0 Å². The van der Waals surface area contributed by atoms with Crippen LogP contribution in [0, 0.1) is 11.2 Å². The molecule has 2 heterocycles. The lowest BCUT2D eigenvalue weighted by molar-refractivity contribution is 0.258. The number of rotatable bonds is 8. The molecule has 4 rings (SSSR count). The summed E-state index contributed by atoms with van der Waals surface area (Å²) in [6.07, 6.45) is 7.42. The third-order valence-corrected chi connectivity index (χ3v) is 6.53. The number of allylic oxidation sites excluding steroid dienone is 2. The number of halogens is 1. The molecule has 0 aliphatic carbocycles. The maximum Gasteiger partial charge on any atom is 0.123 e. The van der Waals surface area contributed by atoms with Crippen molar-refractivity contribution in [3.63, 3.8) is 0 Å². The SMILES string of the molecule is C=C(NC(CCN1C=CCCC1=C)C(C)(C)C)c1nn(Cc2ccc(F)cc2)c2ccccc12. The van der Waals surface area contributed by atoms with Crippen molar-refractivity contribution in [2.24, 2.45) is 5.41 Å². The summed E-state index contributed by atoms with van der Waals surface area (Å²) in [7, 11) is 0. The van der Waals surface area contributed by atoms with E-state index in [0.29, 0.717) is 6.54 Å². The molecule has 0 fully saturated rings. The zero-order valence-electron chi connectivity index (χ0n) is 20.5. The fraction of sp³-hybridized carbons (Fsp3) is 0.345. The van der Waals surface area contributed by atoms with Gasteiger partial charge in [-0.2, -0.15) is 5.10 Å². The van der Waals surface area contributed by atoms with Gasteiger partial charge in [0.15, 0.2) is 0 Å². The molecule has 0 radical (unpaired) electrons. The predicted octanol–water partition coefficient (Wildman–Crippen LogP) is 6.71. The van der Waals surface area contributed by atoms with Crippen molar-refractivity contribution in [2.75, 3.05) is 6.54 Å². The minimum Gasteiger partial charge on any atom is -0.380 e. The quantitative estimate of drug-likeness (QED) is 0.407. The van der Waals surface area contributed by atoms with E-state index in [-0.39, 0.29) is 17.3 Å². The monoisotopic (exact) mass is 458 g/mol. The zero-order chi connectivity index (χ0) is 24.3. The maximum absolute atomic E-state index is 13.4. The van der Waals surface area contributed by atoms with Crippen molar-refractivity contribution in [2.45, 2.75) is 52.6 Å². The molecule has 3 aromatic rings. The van der Waals surface area contributed by atoms with Gasteiger partial charge in [-0.05, 0) is 54.6 Å². The molecule has 1 atom stereocenters. The summed E-state index contributed by atoms with van der Waals surface area (Å²) in [6, 6.07) is 15.0. The summed E-state index contributed by atoms with van der Waals surface area (Å²) < 4.78 is 15.3. The van der Waals surface area contributed by atoms with Gasteiger partial charge in [-0.3, -0.25) is 4.68 Å². The molecular weight excluding hydrogens is 423 g/mol. The molecular formula is C29H35FN4. The molecule has 0 saturated carbocycles. The lowest BCUT2D eigenvalue weighted by Crippen LogP contribution is -2.41. The highest BCUT2D eigenvalue weighted by molar-refractivity contribution is 5.90. The number of hydrogen-bond acceptors (Lipinski definition) is 3. The van der Waals surface area contributed by atoms with Crippen molar-refractivity contribution in [1.29, 1.82) is 0 Å². The van der Waals surface area contributed by atoms with Crippen LogP contribution < -0.4 is 5.32 Å². The third kappa shape index (κ3) is 5.41. The molecule has 0 spiro atoms. The van der Waals surface area contributed by atoms with Gasteiger partial charge in [0, 0.05) is 23.7 Å². The Morgan fingerprint density at radius 1 is 1.15 bits per heavy atom. The largest absolute Gasteiger partial charge is 0.380 e. The summed E-state index contributed by atoms with van der Waals surface area (Å²) in [5.41, 5.74) is 4.93. The van der Waals surface area contributed by atoms with Crippen LogP contribution in [-0.2, 0) is 6.54 Å². The molecule has 0 saturated heterocycles. The van der Waals surface area contributed by atoms with E-state index in [9.17, 15) is 4.39 Å². The lowest BCUT2D eigenvalue weighted by Gasteiger charge is -2.35. The van der Waals surface area contributed by atoms with E-state index < -0.39 is 0 Å². The highest BCUT2D eigenvalue weighted by Crippen LogP contribution is 2.29. The number of hydrogen-bond donors (Lipinski definition) is 1. The van der Waals surface area contributed by atoms with Gasteiger partial charge in [0.1, 0.15) is 11.5 Å². The number of nitrogens with zero attached hydrogens (tertiary/aromatic N) is 3. The van der Waals surface area contributed by atoms with E-state index >= 15 is 0 Å². The van der Waals surface area contributed by atoms with E-state index in [1.165, 1.54) is 17.8 Å². The van der Waals surface area contributed by atoms with Crippen molar-refractivity contribution < 1.29 is 4.39 Å². The van der Waals surface area contributed by atoms with Crippen LogP contribution >= 0.6 is 0 Å². The van der Waals surface area contributed by atoms with Crippen LogP contribution in [0.2, 0.25) is 0 Å². The number of fused-ring (bicyclic) bond motifs is 1. The van der Waals surface area contributed by atoms with Gasteiger partial charge >= 0.3 is 0 Å². The average Bonchev–Trinajstić information content (AvgIpc) is 3.17. The molecule has 1 N–H and O–H groups in total. The first kappa shape index (κ1) is 23.8. The van der Waals surface area contributed by atoms with E-state index in [2.05, 4.69) is 68.6 Å².